The van der Waals surface area contributed by atoms with Crippen molar-refractivity contribution in [3.63, 3.8) is 0 Å². The van der Waals surface area contributed by atoms with Crippen LogP contribution in [0.25, 0.3) is 21.7 Å². The number of alkyl halides is 3. The maximum Gasteiger partial charge on any atom is 0.430 e. The van der Waals surface area contributed by atoms with Crippen molar-refractivity contribution in [1.29, 1.82) is 5.41 Å². The number of rotatable bonds is 10. The van der Waals surface area contributed by atoms with Crippen LogP contribution in [0.5, 0.6) is 5.75 Å². The van der Waals surface area contributed by atoms with Crippen LogP contribution in [0.2, 0.25) is 0 Å². The first-order chi connectivity index (χ1) is 16.2. The summed E-state index contributed by atoms with van der Waals surface area (Å²) in [5.74, 6) is 0.584. The van der Waals surface area contributed by atoms with Gasteiger partial charge in [0.1, 0.15) is 11.4 Å². The van der Waals surface area contributed by atoms with Gasteiger partial charge in [-0.25, -0.2) is 4.98 Å². The van der Waals surface area contributed by atoms with Crippen molar-refractivity contribution in [3.05, 3.63) is 70.9 Å². The maximum absolute atomic E-state index is 13.0. The average molecular weight is 488 g/mol. The molecule has 1 aromatic carbocycles. The number of nitrogens with zero attached hydrogens (tertiary/aromatic N) is 1. The number of unbranched alkanes of at least 4 members (excludes halogenated alkanes) is 3. The van der Waals surface area contributed by atoms with E-state index in [0.717, 1.165) is 36.1 Å². The van der Waals surface area contributed by atoms with Gasteiger partial charge in [0.05, 0.1) is 24.2 Å². The van der Waals surface area contributed by atoms with Crippen LogP contribution in [0.15, 0.2) is 59.6 Å². The Morgan fingerprint density at radius 1 is 1.15 bits per heavy atom. The summed E-state index contributed by atoms with van der Waals surface area (Å²) in [5, 5.41) is 10.3. The van der Waals surface area contributed by atoms with Crippen molar-refractivity contribution < 1.29 is 17.9 Å². The standard InChI is InChI=1S/C26H28F3N3OS/c1-3-4-5-6-9-17-12-13-34-25(17)18-14-21(19-10-7-8-11-23(19)33-2)32-22(15-18)20(30)16-24(31)26(27,28)29/h7-8,10-16,30H,3-6,9,31H2,1-2H3. The lowest BCUT2D eigenvalue weighted by molar-refractivity contribution is -0.0925. The number of ether oxygens (including phenoxy) is 1. The molecule has 2 aromatic heterocycles. The number of nitrogens with one attached hydrogen (secondary N) is 1. The molecular weight excluding hydrogens is 459 g/mol. The normalized spacial score (nSPS) is 12.1. The van der Waals surface area contributed by atoms with Gasteiger partial charge in [0, 0.05) is 10.4 Å². The van der Waals surface area contributed by atoms with Crippen LogP contribution in [0, 0.1) is 5.41 Å². The summed E-state index contributed by atoms with van der Waals surface area (Å²) in [6.07, 6.45) is 1.36. The molecule has 0 radical (unpaired) electrons. The van der Waals surface area contributed by atoms with Gasteiger partial charge in [0.25, 0.3) is 0 Å². The fourth-order valence-corrected chi connectivity index (χ4v) is 4.58. The predicted molar refractivity (Wildman–Crippen MR) is 133 cm³/mol. The number of allylic oxidation sites excluding steroid dienone is 2. The van der Waals surface area contributed by atoms with Crippen molar-refractivity contribution in [2.24, 2.45) is 5.73 Å². The zero-order valence-electron chi connectivity index (χ0n) is 19.2. The lowest BCUT2D eigenvalue weighted by Gasteiger charge is -2.13. The second-order valence-corrected chi connectivity index (χ2v) is 8.84. The molecule has 3 rings (SSSR count). The molecule has 8 heteroatoms. The molecule has 0 atom stereocenters. The Morgan fingerprint density at radius 2 is 1.91 bits per heavy atom. The first-order valence-corrected chi connectivity index (χ1v) is 12.0. The minimum absolute atomic E-state index is 0.107. The van der Waals surface area contributed by atoms with E-state index in [-0.39, 0.29) is 5.69 Å². The smallest absolute Gasteiger partial charge is 0.430 e. The van der Waals surface area contributed by atoms with Crippen molar-refractivity contribution >= 4 is 17.0 Å². The molecule has 0 unspecified atom stereocenters. The van der Waals surface area contributed by atoms with E-state index in [0.29, 0.717) is 23.1 Å². The highest BCUT2D eigenvalue weighted by Crippen LogP contribution is 2.36. The zero-order chi connectivity index (χ0) is 24.7. The number of aromatic nitrogens is 1. The van der Waals surface area contributed by atoms with Gasteiger partial charge in [-0.15, -0.1) is 11.3 Å². The Hall–Kier alpha value is -3.13. The molecule has 0 spiro atoms. The summed E-state index contributed by atoms with van der Waals surface area (Å²) < 4.78 is 44.4. The van der Waals surface area contributed by atoms with Gasteiger partial charge in [-0.2, -0.15) is 13.2 Å². The van der Waals surface area contributed by atoms with Crippen LogP contribution in [0.3, 0.4) is 0 Å². The number of pyridine rings is 1. The SMILES string of the molecule is CCCCCCc1ccsc1-c1cc(C(=N)C=C(N)C(F)(F)F)nc(-c2ccccc2OC)c1. The second-order valence-electron chi connectivity index (χ2n) is 7.92. The monoisotopic (exact) mass is 487 g/mol. The van der Waals surface area contributed by atoms with Crippen molar-refractivity contribution in [2.45, 2.75) is 45.2 Å². The van der Waals surface area contributed by atoms with Gasteiger partial charge < -0.3 is 10.5 Å². The van der Waals surface area contributed by atoms with Gasteiger partial charge in [-0.05, 0) is 65.8 Å². The van der Waals surface area contributed by atoms with Gasteiger partial charge in [-0.3, -0.25) is 5.41 Å². The summed E-state index contributed by atoms with van der Waals surface area (Å²) in [5.41, 5.74) is 6.72. The third-order valence-electron chi connectivity index (χ3n) is 5.42. The topological polar surface area (TPSA) is 72.0 Å². The van der Waals surface area contributed by atoms with E-state index in [1.54, 1.807) is 30.6 Å². The molecular formula is C26H28F3N3OS. The number of aryl methyl sites for hydroxylation is 1. The van der Waals surface area contributed by atoms with Gasteiger partial charge >= 0.3 is 6.18 Å². The molecule has 0 aliphatic rings. The lowest BCUT2D eigenvalue weighted by atomic mass is 10.0. The number of thiophene rings is 1. The quantitative estimate of drug-likeness (QED) is 0.231. The fraction of sp³-hybridized carbons (Fsp3) is 0.308. The third-order valence-corrected chi connectivity index (χ3v) is 6.43. The number of hydrogen-bond acceptors (Lipinski definition) is 5. The van der Waals surface area contributed by atoms with Crippen LogP contribution in [-0.2, 0) is 6.42 Å². The van der Waals surface area contributed by atoms with Crippen molar-refractivity contribution in [2.75, 3.05) is 7.11 Å². The molecule has 0 amide bonds. The van der Waals surface area contributed by atoms with Crippen LogP contribution >= 0.6 is 11.3 Å². The number of methoxy groups -OCH3 is 1. The lowest BCUT2D eigenvalue weighted by Crippen LogP contribution is -2.21. The molecule has 3 N–H and O–H groups in total. The molecule has 0 saturated heterocycles. The molecule has 180 valence electrons. The number of para-hydroxylation sites is 1. The summed E-state index contributed by atoms with van der Waals surface area (Å²) >= 11 is 1.57. The third kappa shape index (κ3) is 6.26. The minimum Gasteiger partial charge on any atom is -0.496 e. The Morgan fingerprint density at radius 3 is 2.62 bits per heavy atom. The Kier molecular flexibility index (Phi) is 8.50. The number of hydrogen-bond donors (Lipinski definition) is 2. The second kappa shape index (κ2) is 11.3. The fourth-order valence-electron chi connectivity index (χ4n) is 3.63. The summed E-state index contributed by atoms with van der Waals surface area (Å²) in [7, 11) is 1.55. The van der Waals surface area contributed by atoms with E-state index >= 15 is 0 Å². The number of nitrogens with two attached hydrogens (primary N) is 1. The van der Waals surface area contributed by atoms with Crippen molar-refractivity contribution in [3.8, 4) is 27.4 Å². The van der Waals surface area contributed by atoms with Crippen LogP contribution in [0.1, 0.15) is 43.9 Å². The van der Waals surface area contributed by atoms with Crippen LogP contribution in [0.4, 0.5) is 13.2 Å². The Bertz CT molecular complexity index is 1170. The molecule has 0 aliphatic carbocycles. The van der Waals surface area contributed by atoms with Crippen molar-refractivity contribution in [1.82, 2.24) is 4.98 Å². The van der Waals surface area contributed by atoms with E-state index in [4.69, 9.17) is 15.9 Å². The van der Waals surface area contributed by atoms with Gasteiger partial charge in [0.15, 0.2) is 0 Å². The number of benzene rings is 1. The first-order valence-electron chi connectivity index (χ1n) is 11.1. The largest absolute Gasteiger partial charge is 0.496 e. The summed E-state index contributed by atoms with van der Waals surface area (Å²) in [6, 6.07) is 12.9. The molecule has 3 aromatic rings. The summed E-state index contributed by atoms with van der Waals surface area (Å²) in [4.78, 5) is 5.53. The minimum atomic E-state index is -4.71. The molecule has 34 heavy (non-hydrogen) atoms. The highest BCUT2D eigenvalue weighted by atomic mass is 32.1. The average Bonchev–Trinajstić information content (AvgIpc) is 3.29. The summed E-state index contributed by atoms with van der Waals surface area (Å²) in [6.45, 7) is 2.17. The molecule has 0 bridgehead atoms. The van der Waals surface area contributed by atoms with Gasteiger partial charge in [0.2, 0.25) is 0 Å². The zero-order valence-corrected chi connectivity index (χ0v) is 20.0. The van der Waals surface area contributed by atoms with Gasteiger partial charge in [-0.1, -0.05) is 38.3 Å². The van der Waals surface area contributed by atoms with E-state index in [1.165, 1.54) is 12.0 Å². The first kappa shape index (κ1) is 25.5. The van der Waals surface area contributed by atoms with E-state index in [2.05, 4.69) is 18.0 Å². The number of halogens is 3. The molecule has 0 fully saturated rings. The highest BCUT2D eigenvalue weighted by molar-refractivity contribution is 7.13. The van der Waals surface area contributed by atoms with E-state index < -0.39 is 17.6 Å². The predicted octanol–water partition coefficient (Wildman–Crippen LogP) is 7.38. The highest BCUT2D eigenvalue weighted by Gasteiger charge is 2.31. The van der Waals surface area contributed by atoms with Crippen LogP contribution < -0.4 is 10.5 Å². The molecule has 4 nitrogen and oxygen atoms in total. The van der Waals surface area contributed by atoms with E-state index in [1.807, 2.05) is 29.6 Å². The Labute approximate surface area is 201 Å². The molecule has 0 saturated carbocycles. The Balaban J connectivity index is 2.10. The van der Waals surface area contributed by atoms with Crippen LogP contribution in [-0.4, -0.2) is 24.0 Å². The molecule has 0 aliphatic heterocycles. The molecule has 2 heterocycles. The maximum atomic E-state index is 13.0. The van der Waals surface area contributed by atoms with E-state index in [9.17, 15) is 13.2 Å².